The normalized spacial score (nSPS) is 14.4. The highest BCUT2D eigenvalue weighted by atomic mass is 32.1. The van der Waals surface area contributed by atoms with Crippen LogP contribution in [0, 0.1) is 0 Å². The van der Waals surface area contributed by atoms with Gasteiger partial charge in [-0.25, -0.2) is 0 Å². The largest absolute Gasteiger partial charge is 0.375 e. The van der Waals surface area contributed by atoms with Crippen molar-refractivity contribution in [3.63, 3.8) is 0 Å². The Labute approximate surface area is 334 Å². The lowest BCUT2D eigenvalue weighted by Crippen LogP contribution is -2.78. The van der Waals surface area contributed by atoms with Gasteiger partial charge in [0.25, 0.3) is 0 Å². The van der Waals surface area contributed by atoms with Crippen LogP contribution in [0.15, 0.2) is 188 Å². The van der Waals surface area contributed by atoms with E-state index in [9.17, 15) is 0 Å². The van der Waals surface area contributed by atoms with E-state index < -0.39 is 8.07 Å². The zero-order valence-corrected chi connectivity index (χ0v) is 32.6. The molecule has 0 radical (unpaired) electrons. The van der Waals surface area contributed by atoms with Crippen molar-refractivity contribution in [2.45, 2.75) is 0 Å². The lowest BCUT2D eigenvalue weighted by atomic mass is 9.45. The smallest absolute Gasteiger partial charge is 0.333 e. The molecule has 0 saturated carbocycles. The molecule has 2 aromatic heterocycles. The number of para-hydroxylation sites is 3. The topological polar surface area (TPSA) is 8.17 Å². The number of nitrogens with zero attached hydrogens (tertiary/aromatic N) is 2. The molecule has 0 amide bonds. The Morgan fingerprint density at radius 2 is 1.12 bits per heavy atom. The quantitative estimate of drug-likeness (QED) is 0.160. The van der Waals surface area contributed by atoms with E-state index in [0.717, 1.165) is 0 Å². The third-order valence-electron chi connectivity index (χ3n) is 13.4. The van der Waals surface area contributed by atoms with Gasteiger partial charge in [0.2, 0.25) is 0 Å². The standard InChI is InChI=1S/C52H31BN2SSi/c1-3-16-33(17-4-1)57(34-18-5-2-6-19-34)45-27-12-10-25-43(45)54-50-42(24-14-28-46(50)57)53-47-40(31-41-36-21-9-11-26-44(36)56-52(41)51(47)54)38-23-13-22-37-39-30-29-32-15-7-8-20-35(32)48(39)55(53)49(37)38/h1-31H. The Morgan fingerprint density at radius 1 is 0.456 bits per heavy atom. The van der Waals surface area contributed by atoms with E-state index in [-0.39, 0.29) is 6.85 Å². The molecule has 5 heterocycles. The fourth-order valence-corrected chi connectivity index (χ4v) is 17.7. The summed E-state index contributed by atoms with van der Waals surface area (Å²) < 4.78 is 5.45. The summed E-state index contributed by atoms with van der Waals surface area (Å²) in [4.78, 5) is 2.72. The predicted molar refractivity (Wildman–Crippen MR) is 248 cm³/mol. The van der Waals surface area contributed by atoms with Crippen molar-refractivity contribution in [3.8, 4) is 11.1 Å². The van der Waals surface area contributed by atoms with Gasteiger partial charge in [-0.3, -0.25) is 0 Å². The summed E-state index contributed by atoms with van der Waals surface area (Å²) in [7, 11) is -2.85. The van der Waals surface area contributed by atoms with Gasteiger partial charge in [0.1, 0.15) is 0 Å². The molecule has 0 unspecified atom stereocenters. The zero-order valence-electron chi connectivity index (χ0n) is 30.8. The molecule has 3 aliphatic heterocycles. The molecule has 14 rings (SSSR count). The van der Waals surface area contributed by atoms with Crippen molar-refractivity contribution in [2.24, 2.45) is 0 Å². The average Bonchev–Trinajstić information content (AvgIpc) is 3.83. The lowest BCUT2D eigenvalue weighted by Gasteiger charge is -2.49. The van der Waals surface area contributed by atoms with Crippen LogP contribution in [0.2, 0.25) is 0 Å². The molecule has 0 aliphatic carbocycles. The van der Waals surface area contributed by atoms with Crippen LogP contribution in [0.5, 0.6) is 0 Å². The second-order valence-corrected chi connectivity index (χ2v) is 20.7. The lowest BCUT2D eigenvalue weighted by molar-refractivity contribution is 1.27. The second-order valence-electron chi connectivity index (χ2n) is 15.9. The first-order chi connectivity index (χ1) is 28.3. The summed E-state index contributed by atoms with van der Waals surface area (Å²) >= 11 is 1.96. The Balaban J connectivity index is 1.24. The first-order valence-corrected chi connectivity index (χ1v) is 22.7. The molecule has 5 heteroatoms. The summed E-state index contributed by atoms with van der Waals surface area (Å²) in [6, 6.07) is 71.9. The predicted octanol–water partition coefficient (Wildman–Crippen LogP) is 9.42. The van der Waals surface area contributed by atoms with Gasteiger partial charge in [0.05, 0.1) is 10.4 Å². The van der Waals surface area contributed by atoms with Gasteiger partial charge in [-0.1, -0.05) is 170 Å². The fourth-order valence-electron chi connectivity index (χ4n) is 11.3. The first kappa shape index (κ1) is 30.5. The van der Waals surface area contributed by atoms with Crippen molar-refractivity contribution >= 4 is 128 Å². The summed E-state index contributed by atoms with van der Waals surface area (Å²) in [5, 5.41) is 13.6. The number of fused-ring (bicyclic) bond motifs is 15. The van der Waals surface area contributed by atoms with Gasteiger partial charge in [0.15, 0.2) is 8.07 Å². The Hall–Kier alpha value is -6.66. The highest BCUT2D eigenvalue weighted by Crippen LogP contribution is 2.52. The molecule has 2 nitrogen and oxygen atoms in total. The Kier molecular flexibility index (Phi) is 5.79. The highest BCUT2D eigenvalue weighted by Gasteiger charge is 2.54. The number of aromatic nitrogens is 1. The molecule has 11 aromatic rings. The molecule has 0 spiro atoms. The minimum absolute atomic E-state index is 0.0278. The van der Waals surface area contributed by atoms with Crippen molar-refractivity contribution in [1.29, 1.82) is 0 Å². The number of thiophene rings is 1. The second kappa shape index (κ2) is 10.8. The maximum Gasteiger partial charge on any atom is 0.333 e. The third kappa shape index (κ3) is 3.60. The summed E-state index contributed by atoms with van der Waals surface area (Å²) in [5.41, 5.74) is 12.1. The van der Waals surface area contributed by atoms with Crippen LogP contribution < -0.4 is 36.6 Å². The van der Waals surface area contributed by atoms with E-state index in [1.807, 2.05) is 11.3 Å². The summed E-state index contributed by atoms with van der Waals surface area (Å²) in [6.07, 6.45) is 0. The van der Waals surface area contributed by atoms with Gasteiger partial charge < -0.3 is 9.38 Å². The minimum atomic E-state index is -2.85. The SMILES string of the molecule is c1ccc([Si]2(c3ccccc3)c3ccccc3N3c4c(cccc42)B2c4c(cc5c(sc6ccccc65)c43)-c3cccc4c5ccc6ccccc6c5n2c34)cc1. The molecule has 0 N–H and O–H groups in total. The van der Waals surface area contributed by atoms with Gasteiger partial charge in [-0.15, -0.1) is 11.3 Å². The van der Waals surface area contributed by atoms with Gasteiger partial charge >= 0.3 is 6.85 Å². The van der Waals surface area contributed by atoms with Crippen LogP contribution in [0.3, 0.4) is 0 Å². The van der Waals surface area contributed by atoms with Crippen LogP contribution in [-0.2, 0) is 0 Å². The number of benzene rings is 9. The number of hydrogen-bond donors (Lipinski definition) is 0. The first-order valence-electron chi connectivity index (χ1n) is 19.9. The van der Waals surface area contributed by atoms with Crippen LogP contribution in [0.4, 0.5) is 17.1 Å². The van der Waals surface area contributed by atoms with Crippen molar-refractivity contribution < 1.29 is 0 Å². The van der Waals surface area contributed by atoms with Crippen LogP contribution in [-0.4, -0.2) is 19.4 Å². The maximum atomic E-state index is 2.76. The molecule has 57 heavy (non-hydrogen) atoms. The number of hydrogen-bond acceptors (Lipinski definition) is 2. The maximum absolute atomic E-state index is 2.85. The van der Waals surface area contributed by atoms with Crippen LogP contribution in [0.25, 0.3) is 63.9 Å². The fraction of sp³-hybridized carbons (Fsp3) is 0. The van der Waals surface area contributed by atoms with E-state index in [1.165, 1.54) is 113 Å². The van der Waals surface area contributed by atoms with Crippen LogP contribution in [0.1, 0.15) is 0 Å². The van der Waals surface area contributed by atoms with Gasteiger partial charge in [-0.2, -0.15) is 0 Å². The molecule has 0 fully saturated rings. The molecule has 3 aliphatic rings. The van der Waals surface area contributed by atoms with E-state index in [1.54, 1.807) is 0 Å². The van der Waals surface area contributed by atoms with E-state index in [0.29, 0.717) is 0 Å². The average molecular weight is 755 g/mol. The molecular formula is C52H31BN2SSi. The van der Waals surface area contributed by atoms with E-state index in [4.69, 9.17) is 0 Å². The highest BCUT2D eigenvalue weighted by molar-refractivity contribution is 7.27. The Morgan fingerprint density at radius 3 is 1.96 bits per heavy atom. The summed E-state index contributed by atoms with van der Waals surface area (Å²) in [5.74, 6) is 0. The minimum Gasteiger partial charge on any atom is -0.375 e. The van der Waals surface area contributed by atoms with Gasteiger partial charge in [0, 0.05) is 59.6 Å². The molecule has 262 valence electrons. The third-order valence-corrected chi connectivity index (χ3v) is 19.4. The molecule has 0 bridgehead atoms. The van der Waals surface area contributed by atoms with Crippen molar-refractivity contribution in [1.82, 2.24) is 4.48 Å². The number of anilines is 3. The number of rotatable bonds is 2. The molecule has 0 saturated heterocycles. The van der Waals surface area contributed by atoms with Crippen molar-refractivity contribution in [3.05, 3.63) is 188 Å². The van der Waals surface area contributed by atoms with E-state index >= 15 is 0 Å². The van der Waals surface area contributed by atoms with Crippen molar-refractivity contribution in [2.75, 3.05) is 4.90 Å². The van der Waals surface area contributed by atoms with Crippen LogP contribution >= 0.6 is 11.3 Å². The monoisotopic (exact) mass is 754 g/mol. The van der Waals surface area contributed by atoms with E-state index in [2.05, 4.69) is 197 Å². The Bertz CT molecular complexity index is 3510. The summed E-state index contributed by atoms with van der Waals surface area (Å²) in [6.45, 7) is -0.0278. The van der Waals surface area contributed by atoms with Gasteiger partial charge in [-0.05, 0) is 60.8 Å². The zero-order chi connectivity index (χ0) is 37.0. The molecule has 0 atom stereocenters. The molecule has 9 aromatic carbocycles. The molecular weight excluding hydrogens is 724 g/mol.